The lowest BCUT2D eigenvalue weighted by molar-refractivity contribution is -0.136. The number of imide groups is 2. The van der Waals surface area contributed by atoms with Gasteiger partial charge in [-0.05, 0) is 25.3 Å². The third-order valence-electron chi connectivity index (χ3n) is 5.82. The van der Waals surface area contributed by atoms with Crippen LogP contribution in [0.3, 0.4) is 0 Å². The van der Waals surface area contributed by atoms with Crippen LogP contribution in [0.5, 0.6) is 0 Å². The maximum absolute atomic E-state index is 13.1. The number of hydrogen-bond acceptors (Lipinski definition) is 5. The largest absolute Gasteiger partial charge is 0.305 e. The van der Waals surface area contributed by atoms with Gasteiger partial charge in [-0.25, -0.2) is 0 Å². The monoisotopic (exact) mass is 411 g/mol. The first-order valence-corrected chi connectivity index (χ1v) is 10.9. The lowest BCUT2D eigenvalue weighted by atomic mass is 9.95. The van der Waals surface area contributed by atoms with E-state index in [2.05, 4.69) is 12.2 Å². The zero-order valence-electron chi connectivity index (χ0n) is 17.5. The summed E-state index contributed by atoms with van der Waals surface area (Å²) in [6.07, 6.45) is 8.72. The second-order valence-electron chi connectivity index (χ2n) is 8.03. The smallest absolute Gasteiger partial charge is 0.262 e. The van der Waals surface area contributed by atoms with E-state index in [9.17, 15) is 19.2 Å². The Kier molecular flexibility index (Phi) is 7.13. The maximum atomic E-state index is 13.1. The molecule has 1 atom stereocenters. The molecule has 1 unspecified atom stereocenters. The number of fused-ring (bicyclic) bond motifs is 1. The molecule has 3 rings (SSSR count). The first-order valence-electron chi connectivity index (χ1n) is 10.9. The van der Waals surface area contributed by atoms with Gasteiger partial charge < -0.3 is 5.41 Å². The topological polar surface area (TPSA) is 107 Å². The molecular weight excluding hydrogens is 382 g/mol. The predicted molar refractivity (Wildman–Crippen MR) is 113 cm³/mol. The molecule has 30 heavy (non-hydrogen) atoms. The van der Waals surface area contributed by atoms with E-state index in [1.165, 1.54) is 25.7 Å². The Labute approximate surface area is 176 Å². The van der Waals surface area contributed by atoms with Gasteiger partial charge in [-0.15, -0.1) is 0 Å². The molecule has 2 aliphatic rings. The molecule has 0 aromatic heterocycles. The fourth-order valence-corrected chi connectivity index (χ4v) is 4.16. The molecule has 0 bridgehead atoms. The van der Waals surface area contributed by atoms with E-state index in [1.807, 2.05) is 0 Å². The van der Waals surface area contributed by atoms with Crippen LogP contribution in [0.1, 0.15) is 97.4 Å². The van der Waals surface area contributed by atoms with Crippen LogP contribution < -0.4 is 5.32 Å². The zero-order valence-corrected chi connectivity index (χ0v) is 17.5. The van der Waals surface area contributed by atoms with E-state index in [0.29, 0.717) is 17.7 Å². The highest BCUT2D eigenvalue weighted by Gasteiger charge is 2.45. The summed E-state index contributed by atoms with van der Waals surface area (Å²) >= 11 is 0. The molecule has 4 amide bonds. The van der Waals surface area contributed by atoms with E-state index < -0.39 is 29.7 Å². The molecule has 1 fully saturated rings. The van der Waals surface area contributed by atoms with Crippen molar-refractivity contribution in [1.29, 1.82) is 5.41 Å². The molecular formula is C23H29N3O4. The van der Waals surface area contributed by atoms with Gasteiger partial charge in [-0.3, -0.25) is 29.4 Å². The number of unbranched alkanes of at least 4 members (excludes halogenated alkanes) is 6. The number of amides is 4. The van der Waals surface area contributed by atoms with Gasteiger partial charge in [0.15, 0.2) is 0 Å². The maximum Gasteiger partial charge on any atom is 0.262 e. The summed E-state index contributed by atoms with van der Waals surface area (Å²) in [5.74, 6) is -2.11. The van der Waals surface area contributed by atoms with Crippen molar-refractivity contribution in [2.24, 2.45) is 0 Å². The van der Waals surface area contributed by atoms with Gasteiger partial charge in [0, 0.05) is 17.7 Å². The Morgan fingerprint density at radius 3 is 2.43 bits per heavy atom. The standard InChI is InChI=1S/C23H29N3O4/c1-2-3-4-5-6-7-8-12-17(24)15-10-9-11-16-20(15)23(30)26(22(16)29)18-13-14-19(27)25-21(18)28/h9-11,18,24H,2-8,12-14H2,1H3,(H,25,27,28). The summed E-state index contributed by atoms with van der Waals surface area (Å²) in [7, 11) is 0. The van der Waals surface area contributed by atoms with Crippen molar-refractivity contribution >= 4 is 29.3 Å². The number of nitrogens with zero attached hydrogens (tertiary/aromatic N) is 1. The van der Waals surface area contributed by atoms with E-state index in [1.54, 1.807) is 18.2 Å². The normalized spacial score (nSPS) is 18.6. The van der Waals surface area contributed by atoms with Gasteiger partial charge >= 0.3 is 0 Å². The molecule has 2 aliphatic heterocycles. The quantitative estimate of drug-likeness (QED) is 0.348. The van der Waals surface area contributed by atoms with E-state index >= 15 is 0 Å². The molecule has 0 aliphatic carbocycles. The van der Waals surface area contributed by atoms with Crippen LogP contribution in [0.2, 0.25) is 0 Å². The molecule has 0 saturated carbocycles. The Balaban J connectivity index is 1.68. The number of benzene rings is 1. The lowest BCUT2D eigenvalue weighted by Gasteiger charge is -2.27. The molecule has 1 aromatic carbocycles. The van der Waals surface area contributed by atoms with Crippen LogP contribution in [0.15, 0.2) is 18.2 Å². The second-order valence-corrected chi connectivity index (χ2v) is 8.03. The molecule has 0 radical (unpaired) electrons. The van der Waals surface area contributed by atoms with Gasteiger partial charge in [0.2, 0.25) is 11.8 Å². The molecule has 2 N–H and O–H groups in total. The molecule has 7 heteroatoms. The van der Waals surface area contributed by atoms with Gasteiger partial charge in [-0.2, -0.15) is 0 Å². The van der Waals surface area contributed by atoms with Crippen molar-refractivity contribution in [3.63, 3.8) is 0 Å². The SMILES string of the molecule is CCCCCCCCCC(=N)c1cccc2c1C(=O)N(C1CCC(=O)NC1=O)C2=O. The summed E-state index contributed by atoms with van der Waals surface area (Å²) in [6.45, 7) is 2.19. The highest BCUT2D eigenvalue weighted by atomic mass is 16.2. The van der Waals surface area contributed by atoms with Crippen molar-refractivity contribution in [3.05, 3.63) is 34.9 Å². The first kappa shape index (κ1) is 21.9. The third-order valence-corrected chi connectivity index (χ3v) is 5.82. The molecule has 7 nitrogen and oxygen atoms in total. The third kappa shape index (κ3) is 4.50. The Morgan fingerprint density at radius 1 is 1.03 bits per heavy atom. The minimum Gasteiger partial charge on any atom is -0.305 e. The lowest BCUT2D eigenvalue weighted by Crippen LogP contribution is -2.54. The van der Waals surface area contributed by atoms with Crippen LogP contribution in [0.25, 0.3) is 0 Å². The van der Waals surface area contributed by atoms with E-state index in [0.717, 1.165) is 24.2 Å². The van der Waals surface area contributed by atoms with Crippen molar-refractivity contribution in [1.82, 2.24) is 10.2 Å². The predicted octanol–water partition coefficient (Wildman–Crippen LogP) is 3.60. The zero-order chi connectivity index (χ0) is 21.7. The second kappa shape index (κ2) is 9.78. The number of hydrogen-bond donors (Lipinski definition) is 2. The van der Waals surface area contributed by atoms with Gasteiger partial charge in [0.05, 0.1) is 11.1 Å². The average molecular weight is 412 g/mol. The summed E-state index contributed by atoms with van der Waals surface area (Å²) in [5, 5.41) is 10.7. The minimum atomic E-state index is -0.986. The number of carbonyl (C=O) groups excluding carboxylic acids is 4. The Hall–Kier alpha value is -2.83. The highest BCUT2D eigenvalue weighted by Crippen LogP contribution is 2.30. The fraction of sp³-hybridized carbons (Fsp3) is 0.522. The number of piperidine rings is 1. The summed E-state index contributed by atoms with van der Waals surface area (Å²) in [4.78, 5) is 50.5. The fourth-order valence-electron chi connectivity index (χ4n) is 4.16. The van der Waals surface area contributed by atoms with Crippen LogP contribution in [0, 0.1) is 5.41 Å². The number of rotatable bonds is 10. The van der Waals surface area contributed by atoms with Crippen molar-refractivity contribution in [2.45, 2.75) is 77.2 Å². The Morgan fingerprint density at radius 2 is 1.73 bits per heavy atom. The van der Waals surface area contributed by atoms with Crippen molar-refractivity contribution < 1.29 is 19.2 Å². The van der Waals surface area contributed by atoms with Crippen LogP contribution in [0.4, 0.5) is 0 Å². The average Bonchev–Trinajstić information content (AvgIpc) is 2.98. The van der Waals surface area contributed by atoms with Crippen LogP contribution in [-0.2, 0) is 9.59 Å². The first-order chi connectivity index (χ1) is 14.5. The number of nitrogens with one attached hydrogen (secondary N) is 2. The molecule has 0 spiro atoms. The van der Waals surface area contributed by atoms with E-state index in [-0.39, 0.29) is 24.0 Å². The molecule has 160 valence electrons. The minimum absolute atomic E-state index is 0.0880. The summed E-state index contributed by atoms with van der Waals surface area (Å²) in [5.41, 5.74) is 1.24. The molecule has 1 saturated heterocycles. The van der Waals surface area contributed by atoms with Crippen molar-refractivity contribution in [3.8, 4) is 0 Å². The number of carbonyl (C=O) groups is 4. The van der Waals surface area contributed by atoms with E-state index in [4.69, 9.17) is 5.41 Å². The summed E-state index contributed by atoms with van der Waals surface area (Å²) in [6, 6.07) is 3.94. The Bertz CT molecular complexity index is 877. The van der Waals surface area contributed by atoms with Crippen LogP contribution in [-0.4, -0.2) is 40.3 Å². The van der Waals surface area contributed by atoms with Gasteiger partial charge in [-0.1, -0.05) is 57.6 Å². The summed E-state index contributed by atoms with van der Waals surface area (Å²) < 4.78 is 0. The van der Waals surface area contributed by atoms with Crippen LogP contribution >= 0.6 is 0 Å². The van der Waals surface area contributed by atoms with Gasteiger partial charge in [0.1, 0.15) is 6.04 Å². The van der Waals surface area contributed by atoms with Gasteiger partial charge in [0.25, 0.3) is 11.8 Å². The van der Waals surface area contributed by atoms with Crippen molar-refractivity contribution in [2.75, 3.05) is 0 Å². The highest BCUT2D eigenvalue weighted by molar-refractivity contribution is 6.26. The molecule has 1 aromatic rings. The molecule has 2 heterocycles.